The first kappa shape index (κ1) is 30.1. The zero-order valence-corrected chi connectivity index (χ0v) is 26.9. The zero-order valence-electron chi connectivity index (χ0n) is 25.3. The number of dihydropyridines is 2. The lowest BCUT2D eigenvalue weighted by Crippen LogP contribution is -2.37. The molecule has 0 amide bonds. The number of rotatable bonds is 5. The van der Waals surface area contributed by atoms with Gasteiger partial charge in [0.15, 0.2) is 11.6 Å². The lowest BCUT2D eigenvalue weighted by atomic mass is 9.69. The predicted octanol–water partition coefficient (Wildman–Crippen LogP) is 7.90. The van der Waals surface area contributed by atoms with Gasteiger partial charge in [0, 0.05) is 35.4 Å². The second kappa shape index (κ2) is 11.5. The number of hydrogen-bond donors (Lipinski definition) is 2. The van der Waals surface area contributed by atoms with Gasteiger partial charge in [-0.25, -0.2) is 0 Å². The number of nitrogens with one attached hydrogen (secondary N) is 2. The van der Waals surface area contributed by atoms with Gasteiger partial charge >= 0.3 is 0 Å². The number of ketones is 2. The number of hydrogen-bond acceptors (Lipinski definition) is 8. The standard InChI is InChI=1S/C36H34N4O2S2/c1-35(2)15-25-31(27(41)17-35)29(21-11-7-5-8-12-21)23(19-37)33(39-25)43-44-34-24(20-38)30(22-13-9-6-10-14-22)32-26(40-34)16-36(3,4)18-28(32)42/h5-14,29-30,39-40H,15-18H2,1-4H3/t29-,30-/m0/s1. The summed E-state index contributed by atoms with van der Waals surface area (Å²) in [5, 5.41) is 29.3. The normalized spacial score (nSPS) is 24.1. The maximum Gasteiger partial charge on any atom is 0.162 e. The molecular formula is C36H34N4O2S2. The van der Waals surface area contributed by atoms with Gasteiger partial charge in [-0.3, -0.25) is 9.59 Å². The number of allylic oxidation sites excluding steroid dienone is 6. The van der Waals surface area contributed by atoms with Crippen LogP contribution in [0.25, 0.3) is 0 Å². The first-order chi connectivity index (χ1) is 21.0. The van der Waals surface area contributed by atoms with Crippen molar-refractivity contribution in [1.29, 1.82) is 10.5 Å². The number of Topliss-reactive ketones (excluding diaryl/α,β-unsaturated/α-hetero) is 2. The average molecular weight is 619 g/mol. The summed E-state index contributed by atoms with van der Waals surface area (Å²) in [6, 6.07) is 24.3. The van der Waals surface area contributed by atoms with Gasteiger partial charge in [0.2, 0.25) is 0 Å². The van der Waals surface area contributed by atoms with E-state index in [1.54, 1.807) is 0 Å². The van der Waals surface area contributed by atoms with Crippen molar-refractivity contribution >= 4 is 33.2 Å². The third kappa shape index (κ3) is 5.54. The van der Waals surface area contributed by atoms with Gasteiger partial charge in [-0.1, -0.05) is 88.4 Å². The minimum Gasteiger partial charge on any atom is -0.352 e. The van der Waals surface area contributed by atoms with Crippen LogP contribution in [-0.4, -0.2) is 11.6 Å². The van der Waals surface area contributed by atoms with Gasteiger partial charge in [-0.05, 0) is 56.4 Å². The molecule has 0 unspecified atom stereocenters. The summed E-state index contributed by atoms with van der Waals surface area (Å²) in [7, 11) is 2.77. The molecule has 2 N–H and O–H groups in total. The highest BCUT2D eigenvalue weighted by molar-refractivity contribution is 8.79. The van der Waals surface area contributed by atoms with E-state index in [9.17, 15) is 20.1 Å². The average Bonchev–Trinajstić information content (AvgIpc) is 2.98. The van der Waals surface area contributed by atoms with E-state index >= 15 is 0 Å². The van der Waals surface area contributed by atoms with Crippen LogP contribution in [-0.2, 0) is 9.59 Å². The van der Waals surface area contributed by atoms with Gasteiger partial charge in [0.1, 0.15) is 0 Å². The maximum atomic E-state index is 13.5. The molecule has 222 valence electrons. The van der Waals surface area contributed by atoms with E-state index in [-0.39, 0.29) is 22.4 Å². The molecule has 2 aromatic rings. The topological polar surface area (TPSA) is 106 Å². The third-order valence-corrected chi connectivity index (χ3v) is 11.0. The summed E-state index contributed by atoms with van der Waals surface area (Å²) in [6.45, 7) is 8.38. The van der Waals surface area contributed by atoms with Crippen molar-refractivity contribution in [2.24, 2.45) is 10.8 Å². The van der Waals surface area contributed by atoms with E-state index in [0.29, 0.717) is 58.0 Å². The molecule has 8 heteroatoms. The van der Waals surface area contributed by atoms with Gasteiger partial charge < -0.3 is 10.6 Å². The maximum absolute atomic E-state index is 13.5. The summed E-state index contributed by atoms with van der Waals surface area (Å²) < 4.78 is 0. The lowest BCUT2D eigenvalue weighted by Gasteiger charge is -2.40. The molecule has 0 spiro atoms. The first-order valence-electron chi connectivity index (χ1n) is 14.8. The van der Waals surface area contributed by atoms with Crippen LogP contribution in [0.5, 0.6) is 0 Å². The number of benzene rings is 2. The van der Waals surface area contributed by atoms with E-state index in [1.807, 2.05) is 60.7 Å². The summed E-state index contributed by atoms with van der Waals surface area (Å²) in [6.07, 6.45) is 2.25. The van der Waals surface area contributed by atoms with Crippen LogP contribution in [0.3, 0.4) is 0 Å². The van der Waals surface area contributed by atoms with Gasteiger partial charge in [0.25, 0.3) is 0 Å². The number of carbonyl (C=O) groups is 2. The zero-order chi connectivity index (χ0) is 31.2. The number of nitriles is 2. The molecule has 0 bridgehead atoms. The molecule has 6 rings (SSSR count). The molecule has 0 saturated heterocycles. The van der Waals surface area contributed by atoms with Crippen LogP contribution in [0, 0.1) is 33.5 Å². The van der Waals surface area contributed by atoms with E-state index in [1.165, 1.54) is 21.6 Å². The van der Waals surface area contributed by atoms with Crippen molar-refractivity contribution in [2.75, 3.05) is 0 Å². The van der Waals surface area contributed by atoms with Crippen LogP contribution in [0.2, 0.25) is 0 Å². The molecular weight excluding hydrogens is 585 g/mol. The Morgan fingerprint density at radius 3 is 1.34 bits per heavy atom. The van der Waals surface area contributed by atoms with Crippen LogP contribution in [0.15, 0.2) is 104 Å². The Kier molecular flexibility index (Phi) is 7.86. The van der Waals surface area contributed by atoms with Crippen LogP contribution in [0.4, 0.5) is 0 Å². The van der Waals surface area contributed by atoms with E-state index in [2.05, 4.69) is 50.5 Å². The molecule has 44 heavy (non-hydrogen) atoms. The van der Waals surface area contributed by atoms with Gasteiger partial charge in [-0.2, -0.15) is 10.5 Å². The molecule has 6 nitrogen and oxygen atoms in total. The molecule has 0 radical (unpaired) electrons. The Bertz CT molecular complexity index is 1640. The summed E-state index contributed by atoms with van der Waals surface area (Å²) in [4.78, 5) is 27.1. The van der Waals surface area contributed by atoms with Gasteiger partial charge in [-0.15, -0.1) is 0 Å². The van der Waals surface area contributed by atoms with Crippen molar-refractivity contribution in [3.63, 3.8) is 0 Å². The fourth-order valence-electron chi connectivity index (χ4n) is 6.93. The molecule has 2 atom stereocenters. The Labute approximate surface area is 266 Å². The first-order valence-corrected chi connectivity index (χ1v) is 17.0. The lowest BCUT2D eigenvalue weighted by molar-refractivity contribution is -0.119. The van der Waals surface area contributed by atoms with Crippen LogP contribution < -0.4 is 10.6 Å². The molecule has 2 heterocycles. The smallest absolute Gasteiger partial charge is 0.162 e. The predicted molar refractivity (Wildman–Crippen MR) is 175 cm³/mol. The minimum absolute atomic E-state index is 0.0697. The van der Waals surface area contributed by atoms with Crippen molar-refractivity contribution in [1.82, 2.24) is 10.6 Å². The van der Waals surface area contributed by atoms with E-state index < -0.39 is 11.8 Å². The minimum atomic E-state index is -0.462. The molecule has 2 aromatic carbocycles. The van der Waals surface area contributed by atoms with Crippen molar-refractivity contribution in [3.8, 4) is 12.1 Å². The van der Waals surface area contributed by atoms with E-state index in [4.69, 9.17) is 0 Å². The molecule has 2 aliphatic heterocycles. The van der Waals surface area contributed by atoms with E-state index in [0.717, 1.165) is 22.5 Å². The van der Waals surface area contributed by atoms with Crippen molar-refractivity contribution < 1.29 is 9.59 Å². The van der Waals surface area contributed by atoms with Gasteiger partial charge in [0.05, 0.1) is 45.2 Å². The Morgan fingerprint density at radius 2 is 1.00 bits per heavy atom. The Hall–Kier alpha value is -3.98. The molecule has 4 aliphatic rings. The SMILES string of the molecule is CC1(C)CC(=O)C2=C(C1)NC(SSC1=C(C#N)[C@H](c3ccccc3)C3=C(CC(C)(C)CC3=O)N1)=C(C#N)[C@@H]2c1ccccc1. The fourth-order valence-corrected chi connectivity index (χ4v) is 9.22. The Morgan fingerprint density at radius 1 is 0.636 bits per heavy atom. The second-order valence-electron chi connectivity index (χ2n) is 13.5. The summed E-state index contributed by atoms with van der Waals surface area (Å²) in [5.74, 6) is -0.785. The summed E-state index contributed by atoms with van der Waals surface area (Å²) >= 11 is 0. The molecule has 2 aliphatic carbocycles. The monoisotopic (exact) mass is 618 g/mol. The molecule has 0 aromatic heterocycles. The summed E-state index contributed by atoms with van der Waals surface area (Å²) in [5.41, 5.74) is 5.46. The Balaban J connectivity index is 1.41. The van der Waals surface area contributed by atoms with Crippen molar-refractivity contribution in [3.05, 3.63) is 116 Å². The molecule has 0 fully saturated rings. The molecule has 0 saturated carbocycles. The van der Waals surface area contributed by atoms with Crippen LogP contribution in [0.1, 0.15) is 76.3 Å². The number of carbonyl (C=O) groups excluding carboxylic acids is 2. The third-order valence-electron chi connectivity index (χ3n) is 8.73. The largest absolute Gasteiger partial charge is 0.352 e. The highest BCUT2D eigenvalue weighted by Gasteiger charge is 2.44. The fraction of sp³-hybridized carbons (Fsp3) is 0.333. The highest BCUT2D eigenvalue weighted by Crippen LogP contribution is 2.53. The highest BCUT2D eigenvalue weighted by atomic mass is 33.1. The van der Waals surface area contributed by atoms with Crippen molar-refractivity contribution in [2.45, 2.75) is 65.2 Å². The van der Waals surface area contributed by atoms with Crippen LogP contribution >= 0.6 is 21.6 Å². The second-order valence-corrected chi connectivity index (χ2v) is 15.6. The number of nitrogens with zero attached hydrogens (tertiary/aromatic N) is 2. The quantitative estimate of drug-likeness (QED) is 0.326.